The lowest BCUT2D eigenvalue weighted by atomic mass is 10.2. The van der Waals surface area contributed by atoms with Crippen molar-refractivity contribution in [2.45, 2.75) is 27.4 Å². The van der Waals surface area contributed by atoms with Gasteiger partial charge in [-0.1, -0.05) is 44.2 Å². The standard InChI is InChI=1S/C11H14O3.C2H6/c1-9(7-12)11(13)14-8-10-5-3-2-4-6-10;1-2/h2-6,9,12H,7-8H2,1H3;1-2H3. The largest absolute Gasteiger partial charge is 0.461 e. The highest BCUT2D eigenvalue weighted by Crippen LogP contribution is 2.03. The van der Waals surface area contributed by atoms with Crippen LogP contribution in [0.25, 0.3) is 0 Å². The van der Waals surface area contributed by atoms with E-state index >= 15 is 0 Å². The fourth-order valence-electron chi connectivity index (χ4n) is 0.945. The summed E-state index contributed by atoms with van der Waals surface area (Å²) in [6.45, 7) is 5.73. The number of aliphatic hydroxyl groups is 1. The highest BCUT2D eigenvalue weighted by atomic mass is 16.5. The van der Waals surface area contributed by atoms with E-state index in [1.165, 1.54) is 0 Å². The van der Waals surface area contributed by atoms with Gasteiger partial charge in [0.25, 0.3) is 0 Å². The molecule has 1 atom stereocenters. The number of ether oxygens (including phenoxy) is 1. The van der Waals surface area contributed by atoms with Crippen LogP contribution in [0.15, 0.2) is 30.3 Å². The number of aliphatic hydroxyl groups excluding tert-OH is 1. The highest BCUT2D eigenvalue weighted by Gasteiger charge is 2.12. The Morgan fingerprint density at radius 2 is 1.88 bits per heavy atom. The van der Waals surface area contributed by atoms with Crippen LogP contribution >= 0.6 is 0 Å². The van der Waals surface area contributed by atoms with Crippen molar-refractivity contribution >= 4 is 5.97 Å². The average molecular weight is 224 g/mol. The van der Waals surface area contributed by atoms with Gasteiger partial charge in [-0.2, -0.15) is 0 Å². The second-order valence-corrected chi connectivity index (χ2v) is 3.18. The number of hydrogen-bond acceptors (Lipinski definition) is 3. The highest BCUT2D eigenvalue weighted by molar-refractivity contribution is 5.72. The van der Waals surface area contributed by atoms with E-state index in [1.54, 1.807) is 6.92 Å². The van der Waals surface area contributed by atoms with Crippen LogP contribution in [0, 0.1) is 5.92 Å². The predicted molar refractivity (Wildman–Crippen MR) is 63.8 cm³/mol. The predicted octanol–water partition coefficient (Wildman–Crippen LogP) is 2.38. The van der Waals surface area contributed by atoms with Crippen LogP contribution in [0.1, 0.15) is 26.3 Å². The Morgan fingerprint density at radius 3 is 2.38 bits per heavy atom. The molecule has 0 spiro atoms. The zero-order valence-corrected chi connectivity index (χ0v) is 10.1. The number of esters is 1. The quantitative estimate of drug-likeness (QED) is 0.799. The molecule has 1 rings (SSSR count). The molecular weight excluding hydrogens is 204 g/mol. The minimum atomic E-state index is -0.446. The number of carbonyl (C=O) groups is 1. The number of benzene rings is 1. The Bertz CT molecular complexity index is 282. The van der Waals surface area contributed by atoms with E-state index in [4.69, 9.17) is 9.84 Å². The lowest BCUT2D eigenvalue weighted by Crippen LogP contribution is -2.17. The van der Waals surface area contributed by atoms with Crippen molar-refractivity contribution in [3.63, 3.8) is 0 Å². The normalized spacial score (nSPS) is 11.0. The number of carbonyl (C=O) groups excluding carboxylic acids is 1. The molecule has 0 heterocycles. The molecule has 0 saturated carbocycles. The molecule has 16 heavy (non-hydrogen) atoms. The van der Waals surface area contributed by atoms with E-state index in [0.29, 0.717) is 0 Å². The summed E-state index contributed by atoms with van der Waals surface area (Å²) in [5.41, 5.74) is 0.950. The molecule has 0 aliphatic rings. The van der Waals surface area contributed by atoms with Gasteiger partial charge in [-0.3, -0.25) is 4.79 Å². The first-order valence-electron chi connectivity index (χ1n) is 5.55. The molecule has 0 fully saturated rings. The van der Waals surface area contributed by atoms with Gasteiger partial charge in [-0.25, -0.2) is 0 Å². The Morgan fingerprint density at radius 1 is 1.31 bits per heavy atom. The van der Waals surface area contributed by atoms with Crippen LogP contribution in [-0.4, -0.2) is 17.7 Å². The first-order valence-corrected chi connectivity index (χ1v) is 5.55. The third kappa shape index (κ3) is 5.51. The van der Waals surface area contributed by atoms with Crippen molar-refractivity contribution in [2.75, 3.05) is 6.61 Å². The molecule has 1 unspecified atom stereocenters. The first-order chi connectivity index (χ1) is 7.74. The van der Waals surface area contributed by atoms with Gasteiger partial charge >= 0.3 is 5.97 Å². The number of rotatable bonds is 4. The molecule has 1 N–H and O–H groups in total. The molecule has 0 amide bonds. The van der Waals surface area contributed by atoms with Gasteiger partial charge in [-0.05, 0) is 12.5 Å². The van der Waals surface area contributed by atoms with Crippen LogP contribution in [0.5, 0.6) is 0 Å². The van der Waals surface area contributed by atoms with Crippen molar-refractivity contribution in [1.29, 1.82) is 0 Å². The minimum Gasteiger partial charge on any atom is -0.461 e. The molecule has 0 aliphatic heterocycles. The number of hydrogen-bond donors (Lipinski definition) is 1. The summed E-state index contributed by atoms with van der Waals surface area (Å²) in [5.74, 6) is -0.810. The van der Waals surface area contributed by atoms with E-state index in [1.807, 2.05) is 44.2 Å². The van der Waals surface area contributed by atoms with Crippen molar-refractivity contribution in [1.82, 2.24) is 0 Å². The Labute approximate surface area is 97.1 Å². The molecule has 1 aromatic carbocycles. The Kier molecular flexibility index (Phi) is 8.17. The minimum absolute atomic E-state index is 0.173. The lowest BCUT2D eigenvalue weighted by Gasteiger charge is -2.08. The summed E-state index contributed by atoms with van der Waals surface area (Å²) < 4.78 is 4.98. The van der Waals surface area contributed by atoms with E-state index in [-0.39, 0.29) is 19.2 Å². The fourth-order valence-corrected chi connectivity index (χ4v) is 0.945. The lowest BCUT2D eigenvalue weighted by molar-refractivity contribution is -0.150. The molecule has 3 heteroatoms. The van der Waals surface area contributed by atoms with Crippen molar-refractivity contribution in [3.8, 4) is 0 Å². The topological polar surface area (TPSA) is 46.5 Å². The second kappa shape index (κ2) is 8.92. The summed E-state index contributed by atoms with van der Waals surface area (Å²) >= 11 is 0. The van der Waals surface area contributed by atoms with Gasteiger partial charge in [0.05, 0.1) is 12.5 Å². The van der Waals surface area contributed by atoms with E-state index in [9.17, 15) is 4.79 Å². The fraction of sp³-hybridized carbons (Fsp3) is 0.462. The van der Waals surface area contributed by atoms with E-state index in [2.05, 4.69) is 0 Å². The molecule has 0 saturated heterocycles. The zero-order chi connectivity index (χ0) is 12.4. The summed E-state index contributed by atoms with van der Waals surface area (Å²) in [4.78, 5) is 11.2. The van der Waals surface area contributed by atoms with Gasteiger partial charge in [-0.15, -0.1) is 0 Å². The average Bonchev–Trinajstić information content (AvgIpc) is 2.38. The third-order valence-electron chi connectivity index (χ3n) is 1.90. The molecule has 1 aromatic rings. The maximum atomic E-state index is 11.2. The zero-order valence-electron chi connectivity index (χ0n) is 10.1. The Balaban J connectivity index is 0.00000106. The first kappa shape index (κ1) is 14.6. The Hall–Kier alpha value is -1.35. The summed E-state index contributed by atoms with van der Waals surface area (Å²) in [7, 11) is 0. The van der Waals surface area contributed by atoms with Gasteiger partial charge in [0.1, 0.15) is 6.61 Å². The third-order valence-corrected chi connectivity index (χ3v) is 1.90. The van der Waals surface area contributed by atoms with Gasteiger partial charge in [0.15, 0.2) is 0 Å². The molecule has 0 aliphatic carbocycles. The molecule has 3 nitrogen and oxygen atoms in total. The summed E-state index contributed by atoms with van der Waals surface area (Å²) in [6, 6.07) is 9.45. The molecule has 0 bridgehead atoms. The van der Waals surface area contributed by atoms with Gasteiger partial charge < -0.3 is 9.84 Å². The van der Waals surface area contributed by atoms with Gasteiger partial charge in [0.2, 0.25) is 0 Å². The van der Waals surface area contributed by atoms with E-state index in [0.717, 1.165) is 5.56 Å². The monoisotopic (exact) mass is 224 g/mol. The van der Waals surface area contributed by atoms with E-state index < -0.39 is 5.92 Å². The van der Waals surface area contributed by atoms with Crippen LogP contribution in [0.4, 0.5) is 0 Å². The van der Waals surface area contributed by atoms with Crippen LogP contribution in [-0.2, 0) is 16.1 Å². The van der Waals surface area contributed by atoms with Crippen molar-refractivity contribution in [3.05, 3.63) is 35.9 Å². The van der Waals surface area contributed by atoms with Crippen molar-refractivity contribution in [2.24, 2.45) is 5.92 Å². The smallest absolute Gasteiger partial charge is 0.311 e. The summed E-state index contributed by atoms with van der Waals surface area (Å²) in [6.07, 6.45) is 0. The van der Waals surface area contributed by atoms with Crippen LogP contribution in [0.3, 0.4) is 0 Å². The molecule has 90 valence electrons. The maximum absolute atomic E-state index is 11.2. The van der Waals surface area contributed by atoms with Crippen LogP contribution < -0.4 is 0 Å². The van der Waals surface area contributed by atoms with Crippen LogP contribution in [0.2, 0.25) is 0 Å². The maximum Gasteiger partial charge on any atom is 0.311 e. The molecule has 0 aromatic heterocycles. The molecular formula is C13H20O3. The molecule has 0 radical (unpaired) electrons. The SMILES string of the molecule is CC.CC(CO)C(=O)OCc1ccccc1. The second-order valence-electron chi connectivity index (χ2n) is 3.18. The summed E-state index contributed by atoms with van der Waals surface area (Å²) in [5, 5.41) is 8.70. The van der Waals surface area contributed by atoms with Crippen molar-refractivity contribution < 1.29 is 14.6 Å². The van der Waals surface area contributed by atoms with Gasteiger partial charge in [0, 0.05) is 0 Å².